The first-order valence-electron chi connectivity index (χ1n) is 4.90. The second-order valence-electron chi connectivity index (χ2n) is 4.77. The van der Waals surface area contributed by atoms with E-state index in [9.17, 15) is 0 Å². The van der Waals surface area contributed by atoms with Crippen LogP contribution in [-0.4, -0.2) is 9.55 Å². The van der Waals surface area contributed by atoms with Crippen LogP contribution in [0.4, 0.5) is 0 Å². The summed E-state index contributed by atoms with van der Waals surface area (Å²) in [4.78, 5) is 4.49. The lowest BCUT2D eigenvalue weighted by Gasteiger charge is -2.19. The van der Waals surface area contributed by atoms with E-state index in [0.29, 0.717) is 0 Å². The summed E-state index contributed by atoms with van der Waals surface area (Å²) in [5, 5.41) is 1.27. The van der Waals surface area contributed by atoms with Crippen molar-refractivity contribution in [3.63, 3.8) is 0 Å². The molecule has 0 aromatic carbocycles. The predicted molar refractivity (Wildman–Crippen MR) is 59.4 cm³/mol. The molecule has 0 aliphatic carbocycles. The van der Waals surface area contributed by atoms with Crippen LogP contribution >= 0.6 is 0 Å². The van der Waals surface area contributed by atoms with Gasteiger partial charge in [0.1, 0.15) is 0 Å². The van der Waals surface area contributed by atoms with Gasteiger partial charge in [-0.1, -0.05) is 20.8 Å². The highest BCUT2D eigenvalue weighted by molar-refractivity contribution is 5.82. The fourth-order valence-corrected chi connectivity index (χ4v) is 1.79. The summed E-state index contributed by atoms with van der Waals surface area (Å²) in [6.45, 7) is 6.59. The normalized spacial score (nSPS) is 12.3. The van der Waals surface area contributed by atoms with Crippen LogP contribution in [0, 0.1) is 0 Å². The minimum absolute atomic E-state index is 0.103. The molecule has 14 heavy (non-hydrogen) atoms. The van der Waals surface area contributed by atoms with Crippen LogP contribution < -0.4 is 0 Å². The van der Waals surface area contributed by atoms with E-state index < -0.39 is 0 Å². The van der Waals surface area contributed by atoms with Gasteiger partial charge in [-0.2, -0.15) is 0 Å². The zero-order valence-electron chi connectivity index (χ0n) is 9.20. The van der Waals surface area contributed by atoms with Gasteiger partial charge in [-0.25, -0.2) is 0 Å². The summed E-state index contributed by atoms with van der Waals surface area (Å²) >= 11 is 0. The van der Waals surface area contributed by atoms with E-state index in [4.69, 9.17) is 0 Å². The highest BCUT2D eigenvalue weighted by atomic mass is 14.9. The standard InChI is InChI=1S/C12H16N2/c1-12(2,3)11-10-9(5-7-13-11)6-8-14(10)4/h5-8H,1-4H3. The molecule has 2 heteroatoms. The van der Waals surface area contributed by atoms with Crippen molar-refractivity contribution in [2.75, 3.05) is 0 Å². The molecule has 0 bridgehead atoms. The molecule has 74 valence electrons. The zero-order chi connectivity index (χ0) is 10.3. The molecule has 0 saturated heterocycles. The van der Waals surface area contributed by atoms with E-state index in [-0.39, 0.29) is 5.41 Å². The highest BCUT2D eigenvalue weighted by Crippen LogP contribution is 2.27. The number of aromatic nitrogens is 2. The third-order valence-corrected chi connectivity index (χ3v) is 2.50. The summed E-state index contributed by atoms with van der Waals surface area (Å²) in [7, 11) is 2.07. The van der Waals surface area contributed by atoms with Crippen LogP contribution in [0.5, 0.6) is 0 Å². The Morgan fingerprint density at radius 2 is 1.93 bits per heavy atom. The van der Waals surface area contributed by atoms with Gasteiger partial charge in [0.2, 0.25) is 0 Å². The Hall–Kier alpha value is -1.31. The Morgan fingerprint density at radius 1 is 1.21 bits per heavy atom. The molecule has 0 atom stereocenters. The van der Waals surface area contributed by atoms with Gasteiger partial charge in [-0.05, 0) is 12.1 Å². The monoisotopic (exact) mass is 188 g/mol. The number of hydrogen-bond donors (Lipinski definition) is 0. The average molecular weight is 188 g/mol. The molecular weight excluding hydrogens is 172 g/mol. The molecule has 0 spiro atoms. The van der Waals surface area contributed by atoms with Gasteiger partial charge in [0.15, 0.2) is 0 Å². The van der Waals surface area contributed by atoms with Gasteiger partial charge in [0.25, 0.3) is 0 Å². The van der Waals surface area contributed by atoms with Crippen molar-refractivity contribution < 1.29 is 0 Å². The first-order chi connectivity index (χ1) is 6.50. The topological polar surface area (TPSA) is 17.8 Å². The maximum atomic E-state index is 4.49. The summed E-state index contributed by atoms with van der Waals surface area (Å²) < 4.78 is 2.14. The van der Waals surface area contributed by atoms with Crippen molar-refractivity contribution in [2.45, 2.75) is 26.2 Å². The number of rotatable bonds is 0. The van der Waals surface area contributed by atoms with Crippen LogP contribution in [0.3, 0.4) is 0 Å². The second kappa shape index (κ2) is 2.84. The molecular formula is C12H16N2. The molecule has 2 nitrogen and oxygen atoms in total. The molecule has 0 unspecified atom stereocenters. The van der Waals surface area contributed by atoms with Crippen LogP contribution in [0.2, 0.25) is 0 Å². The number of pyridine rings is 1. The number of hydrogen-bond acceptors (Lipinski definition) is 1. The minimum Gasteiger partial charge on any atom is -0.349 e. The number of fused-ring (bicyclic) bond motifs is 1. The molecule has 0 aliphatic rings. The smallest absolute Gasteiger partial charge is 0.0702 e. The highest BCUT2D eigenvalue weighted by Gasteiger charge is 2.19. The van der Waals surface area contributed by atoms with Gasteiger partial charge in [-0.15, -0.1) is 0 Å². The van der Waals surface area contributed by atoms with Crippen molar-refractivity contribution in [3.8, 4) is 0 Å². The maximum absolute atomic E-state index is 4.49. The van der Waals surface area contributed by atoms with Crippen LogP contribution in [-0.2, 0) is 12.5 Å². The second-order valence-corrected chi connectivity index (χ2v) is 4.77. The number of aryl methyl sites for hydroxylation is 1. The molecule has 0 fully saturated rings. The first-order valence-corrected chi connectivity index (χ1v) is 4.90. The minimum atomic E-state index is 0.103. The number of nitrogens with zero attached hydrogens (tertiary/aromatic N) is 2. The van der Waals surface area contributed by atoms with E-state index in [0.717, 1.165) is 0 Å². The maximum Gasteiger partial charge on any atom is 0.0702 e. The van der Waals surface area contributed by atoms with Crippen LogP contribution in [0.1, 0.15) is 26.5 Å². The van der Waals surface area contributed by atoms with Gasteiger partial charge in [0, 0.05) is 30.2 Å². The fraction of sp³-hybridized carbons (Fsp3) is 0.417. The van der Waals surface area contributed by atoms with Crippen molar-refractivity contribution >= 4 is 10.9 Å². The molecule has 2 aromatic heterocycles. The summed E-state index contributed by atoms with van der Waals surface area (Å²) in [5.74, 6) is 0. The Labute approximate surface area is 84.6 Å². The third kappa shape index (κ3) is 1.31. The SMILES string of the molecule is Cn1ccc2ccnc(C(C)(C)C)c21. The molecule has 0 aliphatic heterocycles. The Balaban J connectivity index is 2.82. The Morgan fingerprint density at radius 3 is 2.57 bits per heavy atom. The van der Waals surface area contributed by atoms with Crippen molar-refractivity contribution in [2.24, 2.45) is 7.05 Å². The van der Waals surface area contributed by atoms with Crippen molar-refractivity contribution in [1.29, 1.82) is 0 Å². The van der Waals surface area contributed by atoms with Crippen molar-refractivity contribution in [3.05, 3.63) is 30.2 Å². The average Bonchev–Trinajstić information content (AvgIpc) is 2.46. The van der Waals surface area contributed by atoms with Gasteiger partial charge in [-0.3, -0.25) is 4.98 Å². The molecule has 0 N–H and O–H groups in total. The Bertz CT molecular complexity index is 461. The van der Waals surface area contributed by atoms with Gasteiger partial charge >= 0.3 is 0 Å². The quantitative estimate of drug-likeness (QED) is 0.621. The lowest BCUT2D eigenvalue weighted by atomic mass is 9.90. The van der Waals surface area contributed by atoms with E-state index in [1.165, 1.54) is 16.6 Å². The Kier molecular flexibility index (Phi) is 1.88. The molecule has 2 aromatic rings. The lowest BCUT2D eigenvalue weighted by molar-refractivity contribution is 0.572. The van der Waals surface area contributed by atoms with E-state index in [2.05, 4.69) is 55.7 Å². The molecule has 0 radical (unpaired) electrons. The first kappa shape index (κ1) is 9.25. The summed E-state index contributed by atoms with van der Waals surface area (Å²) in [5.41, 5.74) is 2.52. The molecule has 0 saturated carbocycles. The van der Waals surface area contributed by atoms with E-state index in [1.54, 1.807) is 0 Å². The lowest BCUT2D eigenvalue weighted by Crippen LogP contribution is -2.14. The van der Waals surface area contributed by atoms with Gasteiger partial charge < -0.3 is 4.57 Å². The van der Waals surface area contributed by atoms with Gasteiger partial charge in [0.05, 0.1) is 11.2 Å². The third-order valence-electron chi connectivity index (χ3n) is 2.50. The fourth-order valence-electron chi connectivity index (χ4n) is 1.79. The molecule has 0 amide bonds. The molecule has 2 rings (SSSR count). The van der Waals surface area contributed by atoms with Crippen molar-refractivity contribution in [1.82, 2.24) is 9.55 Å². The van der Waals surface area contributed by atoms with Crippen LogP contribution in [0.25, 0.3) is 10.9 Å². The van der Waals surface area contributed by atoms with E-state index >= 15 is 0 Å². The van der Waals surface area contributed by atoms with E-state index in [1.807, 2.05) is 6.20 Å². The molecule has 2 heterocycles. The summed E-state index contributed by atoms with van der Waals surface area (Å²) in [6, 6.07) is 4.19. The predicted octanol–water partition coefficient (Wildman–Crippen LogP) is 2.87. The zero-order valence-corrected chi connectivity index (χ0v) is 9.20. The summed E-state index contributed by atoms with van der Waals surface area (Å²) in [6.07, 6.45) is 3.98. The largest absolute Gasteiger partial charge is 0.349 e. The van der Waals surface area contributed by atoms with Crippen LogP contribution in [0.15, 0.2) is 24.5 Å².